The quantitative estimate of drug-likeness (QED) is 0.347. The third kappa shape index (κ3) is 8.15. The SMILES string of the molecule is CC(C)N1CCN(CCOc2ccc(Nc3nccc(N(C)C(=O)Oc4cc(Cl)cc(Cl)c4)n3)cc2F)CC1. The van der Waals surface area contributed by atoms with E-state index in [1.165, 1.54) is 48.5 Å². The molecule has 1 aromatic heterocycles. The molecule has 2 heterocycles. The number of anilines is 3. The van der Waals surface area contributed by atoms with Gasteiger partial charge in [-0.15, -0.1) is 0 Å². The van der Waals surface area contributed by atoms with Crippen molar-refractivity contribution in [1.82, 2.24) is 19.8 Å². The van der Waals surface area contributed by atoms with E-state index in [1.54, 1.807) is 12.1 Å². The number of rotatable bonds is 9. The predicted molar refractivity (Wildman–Crippen MR) is 151 cm³/mol. The van der Waals surface area contributed by atoms with Crippen LogP contribution in [0.5, 0.6) is 11.5 Å². The number of hydrogen-bond acceptors (Lipinski definition) is 8. The fourth-order valence-electron chi connectivity index (χ4n) is 4.06. The molecule has 9 nitrogen and oxygen atoms in total. The Morgan fingerprint density at radius 2 is 1.82 bits per heavy atom. The summed E-state index contributed by atoms with van der Waals surface area (Å²) in [6.45, 7) is 9.58. The van der Waals surface area contributed by atoms with Gasteiger partial charge in [0, 0.05) is 73.8 Å². The van der Waals surface area contributed by atoms with E-state index in [-0.39, 0.29) is 23.3 Å². The normalized spacial score (nSPS) is 14.3. The van der Waals surface area contributed by atoms with Crippen LogP contribution in [0.3, 0.4) is 0 Å². The number of halogens is 3. The highest BCUT2D eigenvalue weighted by Crippen LogP contribution is 2.26. The van der Waals surface area contributed by atoms with Crippen LogP contribution in [0.4, 0.5) is 26.6 Å². The van der Waals surface area contributed by atoms with Crippen molar-refractivity contribution in [2.45, 2.75) is 19.9 Å². The lowest BCUT2D eigenvalue weighted by Crippen LogP contribution is -2.49. The van der Waals surface area contributed by atoms with Gasteiger partial charge in [-0.05, 0) is 50.2 Å². The number of aromatic nitrogens is 2. The van der Waals surface area contributed by atoms with E-state index in [1.807, 2.05) is 0 Å². The van der Waals surface area contributed by atoms with E-state index in [9.17, 15) is 9.18 Å². The smallest absolute Gasteiger partial charge is 0.420 e. The molecule has 1 amide bonds. The van der Waals surface area contributed by atoms with Gasteiger partial charge in [0.15, 0.2) is 11.6 Å². The van der Waals surface area contributed by atoms with Crippen molar-refractivity contribution < 1.29 is 18.7 Å². The number of hydrogen-bond donors (Lipinski definition) is 1. The van der Waals surface area contributed by atoms with E-state index in [0.29, 0.717) is 28.4 Å². The zero-order valence-corrected chi connectivity index (χ0v) is 23.5. The summed E-state index contributed by atoms with van der Waals surface area (Å²) in [6, 6.07) is 11.1. The number of ether oxygens (including phenoxy) is 2. The van der Waals surface area contributed by atoms with E-state index in [0.717, 1.165) is 32.7 Å². The molecule has 0 unspecified atom stereocenters. The molecule has 0 bridgehead atoms. The molecule has 12 heteroatoms. The van der Waals surface area contributed by atoms with Crippen LogP contribution in [0, 0.1) is 5.82 Å². The van der Waals surface area contributed by atoms with Crippen molar-refractivity contribution in [3.05, 3.63) is 64.5 Å². The predicted octanol–water partition coefficient (Wildman–Crippen LogP) is 5.71. The van der Waals surface area contributed by atoms with Crippen LogP contribution in [0.1, 0.15) is 13.8 Å². The second kappa shape index (κ2) is 13.3. The number of nitrogens with zero attached hydrogens (tertiary/aromatic N) is 5. The fourth-order valence-corrected chi connectivity index (χ4v) is 4.57. The maximum absolute atomic E-state index is 14.7. The minimum Gasteiger partial charge on any atom is -0.489 e. The number of benzene rings is 2. The van der Waals surface area contributed by atoms with Gasteiger partial charge in [0.05, 0.1) is 0 Å². The van der Waals surface area contributed by atoms with Gasteiger partial charge in [0.1, 0.15) is 18.2 Å². The van der Waals surface area contributed by atoms with Crippen molar-refractivity contribution in [2.75, 3.05) is 56.6 Å². The van der Waals surface area contributed by atoms with Crippen LogP contribution in [0.15, 0.2) is 48.7 Å². The second-order valence-electron chi connectivity index (χ2n) is 9.36. The Kier molecular flexibility index (Phi) is 9.79. The molecule has 0 aliphatic carbocycles. The standard InChI is InChI=1S/C27H31Cl2FN6O3/c1-18(2)36-10-8-35(9-11-36)12-13-38-24-5-4-21(17-23(24)30)32-26-31-7-6-25(33-26)34(3)27(37)39-22-15-19(28)14-20(29)16-22/h4-7,14-18H,8-13H2,1-3H3,(H,31,32,33). The van der Waals surface area contributed by atoms with Crippen LogP contribution in [-0.2, 0) is 0 Å². The monoisotopic (exact) mass is 576 g/mol. The Morgan fingerprint density at radius 1 is 1.10 bits per heavy atom. The number of carbonyl (C=O) groups excluding carboxylic acids is 1. The molecule has 0 atom stereocenters. The fraction of sp³-hybridized carbons (Fsp3) is 0.370. The van der Waals surface area contributed by atoms with Crippen molar-refractivity contribution >= 4 is 46.7 Å². The Balaban J connectivity index is 1.30. The van der Waals surface area contributed by atoms with Gasteiger partial charge in [0.2, 0.25) is 5.95 Å². The molecule has 39 heavy (non-hydrogen) atoms. The zero-order chi connectivity index (χ0) is 27.9. The summed E-state index contributed by atoms with van der Waals surface area (Å²) in [5.41, 5.74) is 0.431. The zero-order valence-electron chi connectivity index (χ0n) is 22.0. The molecular formula is C27H31Cl2FN6O3. The molecule has 4 rings (SSSR count). The Morgan fingerprint density at radius 3 is 2.49 bits per heavy atom. The lowest BCUT2D eigenvalue weighted by atomic mass is 10.2. The van der Waals surface area contributed by atoms with E-state index < -0.39 is 11.9 Å². The minimum absolute atomic E-state index is 0.173. The summed E-state index contributed by atoms with van der Waals surface area (Å²) in [5.74, 6) is 0.316. The Labute approximate surface area is 237 Å². The van der Waals surface area contributed by atoms with Crippen LogP contribution in [0.2, 0.25) is 10.0 Å². The maximum Gasteiger partial charge on any atom is 0.420 e. The van der Waals surface area contributed by atoms with Crippen molar-refractivity contribution in [3.63, 3.8) is 0 Å². The molecule has 208 valence electrons. The van der Waals surface area contributed by atoms with Crippen LogP contribution in [0.25, 0.3) is 0 Å². The molecule has 0 saturated carbocycles. The lowest BCUT2D eigenvalue weighted by molar-refractivity contribution is 0.0965. The first kappa shape index (κ1) is 28.8. The van der Waals surface area contributed by atoms with Gasteiger partial charge >= 0.3 is 6.09 Å². The highest BCUT2D eigenvalue weighted by Gasteiger charge is 2.19. The van der Waals surface area contributed by atoms with Crippen molar-refractivity contribution in [2.24, 2.45) is 0 Å². The van der Waals surface area contributed by atoms with Crippen LogP contribution in [-0.4, -0.2) is 78.3 Å². The maximum atomic E-state index is 14.7. The van der Waals surface area contributed by atoms with Gasteiger partial charge < -0.3 is 14.8 Å². The molecule has 1 fully saturated rings. The first-order chi connectivity index (χ1) is 18.7. The molecule has 1 N–H and O–H groups in total. The molecule has 2 aromatic carbocycles. The van der Waals surface area contributed by atoms with Crippen LogP contribution < -0.4 is 19.7 Å². The van der Waals surface area contributed by atoms with Crippen molar-refractivity contribution in [3.8, 4) is 11.5 Å². The molecular weight excluding hydrogens is 546 g/mol. The summed E-state index contributed by atoms with van der Waals surface area (Å²) >= 11 is 11.9. The molecule has 0 radical (unpaired) electrons. The Hall–Kier alpha value is -3.18. The Bertz CT molecular complexity index is 1270. The van der Waals surface area contributed by atoms with Gasteiger partial charge in [0.25, 0.3) is 0 Å². The molecule has 1 aliphatic heterocycles. The minimum atomic E-state index is -0.702. The average molecular weight is 577 g/mol. The summed E-state index contributed by atoms with van der Waals surface area (Å²) < 4.78 is 25.7. The summed E-state index contributed by atoms with van der Waals surface area (Å²) in [7, 11) is 1.50. The molecule has 3 aromatic rings. The second-order valence-corrected chi connectivity index (χ2v) is 10.2. The average Bonchev–Trinajstić information content (AvgIpc) is 2.89. The van der Waals surface area contributed by atoms with E-state index in [4.69, 9.17) is 32.7 Å². The van der Waals surface area contributed by atoms with Gasteiger partial charge in [-0.2, -0.15) is 4.98 Å². The summed E-state index contributed by atoms with van der Waals surface area (Å²) in [5, 5.41) is 3.62. The topological polar surface area (TPSA) is 83.1 Å². The van der Waals surface area contributed by atoms with Gasteiger partial charge in [-0.25, -0.2) is 14.2 Å². The van der Waals surface area contributed by atoms with E-state index >= 15 is 0 Å². The summed E-state index contributed by atoms with van der Waals surface area (Å²) in [4.78, 5) is 27.0. The first-order valence-corrected chi connectivity index (χ1v) is 13.3. The largest absolute Gasteiger partial charge is 0.489 e. The number of amides is 1. The number of nitrogens with one attached hydrogen (secondary N) is 1. The highest BCUT2D eigenvalue weighted by molar-refractivity contribution is 6.34. The third-order valence-electron chi connectivity index (χ3n) is 6.29. The molecule has 1 saturated heterocycles. The first-order valence-electron chi connectivity index (χ1n) is 12.6. The van der Waals surface area contributed by atoms with Gasteiger partial charge in [-0.1, -0.05) is 23.2 Å². The lowest BCUT2D eigenvalue weighted by Gasteiger charge is -2.36. The van der Waals surface area contributed by atoms with E-state index in [2.05, 4.69) is 38.9 Å². The molecule has 1 aliphatic rings. The van der Waals surface area contributed by atoms with Crippen molar-refractivity contribution in [1.29, 1.82) is 0 Å². The number of piperazine rings is 1. The highest BCUT2D eigenvalue weighted by atomic mass is 35.5. The third-order valence-corrected chi connectivity index (χ3v) is 6.73. The van der Waals surface area contributed by atoms with Crippen LogP contribution >= 0.6 is 23.2 Å². The van der Waals surface area contributed by atoms with Gasteiger partial charge in [-0.3, -0.25) is 14.7 Å². The number of carbonyl (C=O) groups is 1. The summed E-state index contributed by atoms with van der Waals surface area (Å²) in [6.07, 6.45) is 0.770. The molecule has 0 spiro atoms.